The number of phenols is 3. The molecule has 11 nitrogen and oxygen atoms in total. The van der Waals surface area contributed by atoms with Crippen LogP contribution in [0.5, 0.6) is 17.2 Å². The zero-order valence-electron chi connectivity index (χ0n) is 20.8. The van der Waals surface area contributed by atoms with Crippen LogP contribution in [-0.4, -0.2) is 73.7 Å². The van der Waals surface area contributed by atoms with Crippen molar-refractivity contribution in [3.05, 3.63) is 34.9 Å². The summed E-state index contributed by atoms with van der Waals surface area (Å²) in [5, 5.41) is 65.6. The number of fused-ring (bicyclic) bond motifs is 3. The first-order valence-electron chi connectivity index (χ1n) is 12.5. The zero-order chi connectivity index (χ0) is 27.5. The van der Waals surface area contributed by atoms with Gasteiger partial charge in [0.2, 0.25) is 0 Å². The highest BCUT2D eigenvalue weighted by Crippen LogP contribution is 2.56. The number of ether oxygens (including phenoxy) is 2. The molecule has 2 aliphatic rings. The van der Waals surface area contributed by atoms with Crippen LogP contribution in [0.15, 0.2) is 18.2 Å². The molecular weight excluding hydrogens is 496 g/mol. The molecular formula is C27H32N2O9. The molecule has 11 heteroatoms. The van der Waals surface area contributed by atoms with Crippen molar-refractivity contribution in [2.75, 3.05) is 12.3 Å². The number of aliphatic hydroxyl groups is 3. The molecule has 1 saturated heterocycles. The summed E-state index contributed by atoms with van der Waals surface area (Å²) in [6.07, 6.45) is -3.02. The van der Waals surface area contributed by atoms with Crippen molar-refractivity contribution in [3.8, 4) is 17.2 Å². The average Bonchev–Trinajstić information content (AvgIpc) is 2.87. The van der Waals surface area contributed by atoms with Crippen LogP contribution in [-0.2, 0) is 15.9 Å². The third-order valence-corrected chi connectivity index (χ3v) is 7.88. The van der Waals surface area contributed by atoms with Crippen molar-refractivity contribution >= 4 is 33.5 Å². The summed E-state index contributed by atoms with van der Waals surface area (Å²) in [6, 6.07) is 3.98. The SMILES string of the molecule is CC1OC(O[C@H]2C[C@](O)(CCO)Cc3c2c(O)c2c(N)c4c(C=O)cccc4c(O)c2c3O)CC(N)C1O. The Morgan fingerprint density at radius 3 is 2.55 bits per heavy atom. The number of aliphatic hydroxyl groups excluding tert-OH is 2. The number of nitrogens with two attached hydrogens (primary N) is 2. The topological polar surface area (TPSA) is 209 Å². The molecule has 0 saturated carbocycles. The van der Waals surface area contributed by atoms with Crippen molar-refractivity contribution in [1.29, 1.82) is 0 Å². The number of aromatic hydroxyl groups is 3. The molecule has 3 aromatic rings. The Balaban J connectivity index is 1.75. The fourth-order valence-electron chi connectivity index (χ4n) is 5.96. The standard InChI is InChI=1S/C27H32N2O9/c1-11-23(32)15(28)7-17(37-11)38-16-9-27(36,5-6-30)8-14-19(16)26(35)20-21(25(14)34)24(33)13-4-2-3-12(10-31)18(13)22(20)29/h2-4,10-11,15-17,23,30,32-36H,5-9,28-29H2,1H3/t11?,15?,16-,17?,23?,27-/m0/s1. The minimum Gasteiger partial charge on any atom is -0.507 e. The fraction of sp³-hybridized carbons (Fsp3) is 0.444. The highest BCUT2D eigenvalue weighted by Gasteiger charge is 2.44. The molecule has 5 rings (SSSR count). The van der Waals surface area contributed by atoms with E-state index in [1.807, 2.05) is 0 Å². The number of phenolic OH excluding ortho intramolecular Hbond substituents is 3. The van der Waals surface area contributed by atoms with Crippen LogP contribution in [0.2, 0.25) is 0 Å². The van der Waals surface area contributed by atoms with E-state index in [4.69, 9.17) is 20.9 Å². The number of hydrogen-bond acceptors (Lipinski definition) is 11. The maximum absolute atomic E-state index is 11.7. The molecule has 0 aromatic heterocycles. The number of carbonyl (C=O) groups is 1. The van der Waals surface area contributed by atoms with Gasteiger partial charge in [-0.2, -0.15) is 0 Å². The highest BCUT2D eigenvalue weighted by atomic mass is 16.7. The lowest BCUT2D eigenvalue weighted by atomic mass is 9.75. The fourth-order valence-corrected chi connectivity index (χ4v) is 5.96. The van der Waals surface area contributed by atoms with Crippen molar-refractivity contribution in [2.45, 2.75) is 68.9 Å². The summed E-state index contributed by atoms with van der Waals surface area (Å²) in [5.41, 5.74) is 11.4. The maximum Gasteiger partial charge on any atom is 0.160 e. The summed E-state index contributed by atoms with van der Waals surface area (Å²) >= 11 is 0. The number of nitrogen functional groups attached to an aromatic ring is 1. The van der Waals surface area contributed by atoms with Crippen LogP contribution in [0, 0.1) is 0 Å². The quantitative estimate of drug-likeness (QED) is 0.103. The van der Waals surface area contributed by atoms with Crippen LogP contribution < -0.4 is 11.5 Å². The maximum atomic E-state index is 11.7. The molecule has 6 atom stereocenters. The average molecular weight is 529 g/mol. The van der Waals surface area contributed by atoms with Gasteiger partial charge in [-0.3, -0.25) is 4.79 Å². The molecule has 1 aliphatic heterocycles. The van der Waals surface area contributed by atoms with Crippen molar-refractivity contribution < 1.29 is 44.9 Å². The second-order valence-corrected chi connectivity index (χ2v) is 10.4. The monoisotopic (exact) mass is 528 g/mol. The summed E-state index contributed by atoms with van der Waals surface area (Å²) in [5.74, 6) is -1.18. The van der Waals surface area contributed by atoms with Crippen LogP contribution in [0.1, 0.15) is 53.8 Å². The van der Waals surface area contributed by atoms with E-state index in [-0.39, 0.29) is 87.7 Å². The largest absolute Gasteiger partial charge is 0.507 e. The minimum atomic E-state index is -1.52. The van der Waals surface area contributed by atoms with Gasteiger partial charge in [0.05, 0.1) is 40.4 Å². The van der Waals surface area contributed by atoms with Crippen molar-refractivity contribution in [3.63, 3.8) is 0 Å². The van der Waals surface area contributed by atoms with Gasteiger partial charge >= 0.3 is 0 Å². The third kappa shape index (κ3) is 4.03. The van der Waals surface area contributed by atoms with Crippen LogP contribution in [0.4, 0.5) is 5.69 Å². The molecule has 1 heterocycles. The van der Waals surface area contributed by atoms with Gasteiger partial charge in [0, 0.05) is 59.4 Å². The molecule has 1 fully saturated rings. The number of benzene rings is 3. The van der Waals surface area contributed by atoms with Crippen LogP contribution in [0.25, 0.3) is 21.5 Å². The second-order valence-electron chi connectivity index (χ2n) is 10.4. The molecule has 0 amide bonds. The van der Waals surface area contributed by atoms with E-state index in [2.05, 4.69) is 0 Å². The molecule has 204 valence electrons. The number of rotatable bonds is 5. The minimum absolute atomic E-state index is 0.0197. The molecule has 4 unspecified atom stereocenters. The predicted octanol–water partition coefficient (Wildman–Crippen LogP) is 1.44. The number of anilines is 1. The number of aldehydes is 1. The first-order chi connectivity index (χ1) is 18.0. The Labute approximate surface area is 217 Å². The molecule has 0 radical (unpaired) electrons. The van der Waals surface area contributed by atoms with Gasteiger partial charge in [-0.15, -0.1) is 0 Å². The van der Waals surface area contributed by atoms with E-state index in [1.54, 1.807) is 13.0 Å². The molecule has 10 N–H and O–H groups in total. The predicted molar refractivity (Wildman–Crippen MR) is 138 cm³/mol. The Morgan fingerprint density at radius 1 is 1.16 bits per heavy atom. The van der Waals surface area contributed by atoms with E-state index in [1.165, 1.54) is 12.1 Å². The normalized spacial score (nSPS) is 29.4. The van der Waals surface area contributed by atoms with E-state index < -0.39 is 42.0 Å². The summed E-state index contributed by atoms with van der Waals surface area (Å²) in [6.45, 7) is 1.30. The summed E-state index contributed by atoms with van der Waals surface area (Å²) < 4.78 is 12.0. The van der Waals surface area contributed by atoms with Crippen LogP contribution in [0.3, 0.4) is 0 Å². The van der Waals surface area contributed by atoms with E-state index >= 15 is 0 Å². The van der Waals surface area contributed by atoms with Gasteiger partial charge in [0.25, 0.3) is 0 Å². The number of carbonyl (C=O) groups excluding carboxylic acids is 1. The summed E-state index contributed by atoms with van der Waals surface area (Å²) in [7, 11) is 0. The van der Waals surface area contributed by atoms with Crippen molar-refractivity contribution in [2.24, 2.45) is 5.73 Å². The van der Waals surface area contributed by atoms with Crippen molar-refractivity contribution in [1.82, 2.24) is 0 Å². The Morgan fingerprint density at radius 2 is 1.89 bits per heavy atom. The van der Waals surface area contributed by atoms with E-state index in [0.717, 1.165) is 0 Å². The van der Waals surface area contributed by atoms with Gasteiger partial charge < -0.3 is 51.6 Å². The first kappa shape index (κ1) is 26.4. The Bertz CT molecular complexity index is 1420. The van der Waals surface area contributed by atoms with Gasteiger partial charge in [0.1, 0.15) is 17.2 Å². The van der Waals surface area contributed by atoms with E-state index in [0.29, 0.717) is 6.29 Å². The number of hydrogen-bond donors (Lipinski definition) is 8. The lowest BCUT2D eigenvalue weighted by Gasteiger charge is -2.42. The van der Waals surface area contributed by atoms with Gasteiger partial charge in [-0.25, -0.2) is 0 Å². The highest BCUT2D eigenvalue weighted by molar-refractivity contribution is 6.22. The summed E-state index contributed by atoms with van der Waals surface area (Å²) in [4.78, 5) is 11.7. The first-order valence-corrected chi connectivity index (χ1v) is 12.5. The lowest BCUT2D eigenvalue weighted by molar-refractivity contribution is -0.248. The smallest absolute Gasteiger partial charge is 0.160 e. The molecule has 0 spiro atoms. The van der Waals surface area contributed by atoms with E-state index in [9.17, 15) is 35.4 Å². The molecule has 1 aliphatic carbocycles. The Hall–Kier alpha value is -3.19. The third-order valence-electron chi connectivity index (χ3n) is 7.88. The Kier molecular flexibility index (Phi) is 6.62. The van der Waals surface area contributed by atoms with Crippen LogP contribution >= 0.6 is 0 Å². The van der Waals surface area contributed by atoms with Gasteiger partial charge in [-0.1, -0.05) is 18.2 Å². The zero-order valence-corrected chi connectivity index (χ0v) is 20.8. The molecule has 3 aromatic carbocycles. The molecule has 38 heavy (non-hydrogen) atoms. The lowest BCUT2D eigenvalue weighted by Crippen LogP contribution is -2.52. The van der Waals surface area contributed by atoms with Gasteiger partial charge in [-0.05, 0) is 13.3 Å². The second kappa shape index (κ2) is 9.53. The molecule has 0 bridgehead atoms. The van der Waals surface area contributed by atoms with Gasteiger partial charge in [0.15, 0.2) is 12.6 Å².